The smallest absolute Gasteiger partial charge is 0.264 e. The van der Waals surface area contributed by atoms with Crippen molar-refractivity contribution in [3.63, 3.8) is 0 Å². The van der Waals surface area contributed by atoms with Gasteiger partial charge in [-0.2, -0.15) is 5.10 Å². The molecular weight excluding hydrogens is 449 g/mol. The number of halogens is 2. The number of nitrogens with zero attached hydrogens (tertiary/aromatic N) is 3. The quantitative estimate of drug-likeness (QED) is 0.465. The van der Waals surface area contributed by atoms with E-state index in [1.807, 2.05) is 6.07 Å². The summed E-state index contributed by atoms with van der Waals surface area (Å²) in [5.74, 6) is -0.436. The Morgan fingerprint density at radius 3 is 2.57 bits per heavy atom. The highest BCUT2D eigenvalue weighted by Gasteiger charge is 2.21. The van der Waals surface area contributed by atoms with Crippen molar-refractivity contribution in [2.24, 2.45) is 0 Å². The molecule has 0 aliphatic rings. The summed E-state index contributed by atoms with van der Waals surface area (Å²) in [7, 11) is -4.06. The predicted octanol–water partition coefficient (Wildman–Crippen LogP) is 4.09. The highest BCUT2D eigenvalue weighted by Crippen LogP contribution is 2.26. The number of fused-ring (bicyclic) bond motifs is 1. The minimum atomic E-state index is -4.06. The molecule has 0 aliphatic carbocycles. The number of carbonyl (C=O) groups is 1. The van der Waals surface area contributed by atoms with E-state index in [1.165, 1.54) is 41.2 Å². The first kappa shape index (κ1) is 20.1. The van der Waals surface area contributed by atoms with E-state index in [4.69, 9.17) is 23.2 Å². The lowest BCUT2D eigenvalue weighted by molar-refractivity contribution is 0.102. The highest BCUT2D eigenvalue weighted by molar-refractivity contribution is 7.92. The molecule has 11 heteroatoms. The number of rotatable bonds is 5. The second kappa shape index (κ2) is 7.94. The third kappa shape index (κ3) is 4.09. The maximum Gasteiger partial charge on any atom is 0.264 e. The van der Waals surface area contributed by atoms with Crippen molar-refractivity contribution in [3.8, 4) is 0 Å². The first-order valence-corrected chi connectivity index (χ1v) is 10.8. The number of hydrogen-bond donors (Lipinski definition) is 2. The van der Waals surface area contributed by atoms with Crippen molar-refractivity contribution in [1.29, 1.82) is 0 Å². The third-order valence-electron chi connectivity index (χ3n) is 4.07. The third-order valence-corrected chi connectivity index (χ3v) is 6.14. The number of sulfonamides is 1. The first-order chi connectivity index (χ1) is 14.3. The minimum absolute atomic E-state index is 0.00666. The molecule has 0 saturated carbocycles. The van der Waals surface area contributed by atoms with Crippen molar-refractivity contribution in [2.45, 2.75) is 4.90 Å². The number of nitrogens with one attached hydrogen (secondary N) is 2. The molecule has 0 radical (unpaired) electrons. The fourth-order valence-corrected chi connectivity index (χ4v) is 4.45. The number of benzene rings is 2. The monoisotopic (exact) mass is 461 g/mol. The summed E-state index contributed by atoms with van der Waals surface area (Å²) in [6.45, 7) is 0. The SMILES string of the molecule is O=C(Nc1ccccc1)c1cnn2ccc(NS(=O)(=O)c3cc(Cl)ccc3Cl)nc12. The lowest BCUT2D eigenvalue weighted by Gasteiger charge is -2.10. The molecule has 30 heavy (non-hydrogen) atoms. The number of hydrogen-bond acceptors (Lipinski definition) is 5. The Kier molecular flexibility index (Phi) is 5.33. The highest BCUT2D eigenvalue weighted by atomic mass is 35.5. The van der Waals surface area contributed by atoms with Gasteiger partial charge in [-0.3, -0.25) is 9.52 Å². The van der Waals surface area contributed by atoms with Gasteiger partial charge in [-0.1, -0.05) is 41.4 Å². The summed E-state index contributed by atoms with van der Waals surface area (Å²) < 4.78 is 29.1. The molecular formula is C19H13Cl2N5O3S. The molecule has 2 N–H and O–H groups in total. The van der Waals surface area contributed by atoms with Gasteiger partial charge in [0, 0.05) is 16.9 Å². The molecule has 8 nitrogen and oxygen atoms in total. The van der Waals surface area contributed by atoms with Gasteiger partial charge in [-0.25, -0.2) is 17.9 Å². The van der Waals surface area contributed by atoms with Gasteiger partial charge in [0.25, 0.3) is 15.9 Å². The molecule has 0 bridgehead atoms. The van der Waals surface area contributed by atoms with E-state index < -0.39 is 15.9 Å². The second-order valence-corrected chi connectivity index (χ2v) is 8.63. The minimum Gasteiger partial charge on any atom is -0.322 e. The molecule has 4 aromatic rings. The summed E-state index contributed by atoms with van der Waals surface area (Å²) in [5, 5.41) is 7.06. The Hall–Kier alpha value is -3.14. The van der Waals surface area contributed by atoms with Gasteiger partial charge in [0.15, 0.2) is 5.65 Å². The molecule has 0 spiro atoms. The molecule has 0 aliphatic heterocycles. The molecule has 2 aromatic heterocycles. The average molecular weight is 462 g/mol. The van der Waals surface area contributed by atoms with Crippen LogP contribution in [0.2, 0.25) is 10.0 Å². The van der Waals surface area contributed by atoms with Crippen molar-refractivity contribution in [2.75, 3.05) is 10.0 Å². The van der Waals surface area contributed by atoms with Gasteiger partial charge in [0.05, 0.1) is 11.2 Å². The summed E-state index contributed by atoms with van der Waals surface area (Å²) in [4.78, 5) is 16.7. The normalized spacial score (nSPS) is 11.4. The maximum atomic E-state index is 12.7. The first-order valence-electron chi connectivity index (χ1n) is 8.52. The summed E-state index contributed by atoms with van der Waals surface area (Å²) in [5.41, 5.74) is 0.968. The average Bonchev–Trinajstić information content (AvgIpc) is 3.13. The van der Waals surface area contributed by atoms with Crippen molar-refractivity contribution >= 4 is 56.3 Å². The molecule has 2 aromatic carbocycles. The van der Waals surface area contributed by atoms with Gasteiger partial charge < -0.3 is 5.32 Å². The van der Waals surface area contributed by atoms with Crippen LogP contribution in [0.1, 0.15) is 10.4 Å². The van der Waals surface area contributed by atoms with E-state index >= 15 is 0 Å². The Morgan fingerprint density at radius 2 is 1.80 bits per heavy atom. The van der Waals surface area contributed by atoms with E-state index in [1.54, 1.807) is 24.3 Å². The van der Waals surface area contributed by atoms with Crippen LogP contribution in [0, 0.1) is 0 Å². The van der Waals surface area contributed by atoms with Crippen molar-refractivity contribution in [3.05, 3.63) is 82.6 Å². The fourth-order valence-electron chi connectivity index (χ4n) is 2.68. The number of para-hydroxylation sites is 1. The summed E-state index contributed by atoms with van der Waals surface area (Å²) in [6.07, 6.45) is 2.84. The predicted molar refractivity (Wildman–Crippen MR) is 115 cm³/mol. The zero-order valence-electron chi connectivity index (χ0n) is 15.1. The zero-order chi connectivity index (χ0) is 21.3. The van der Waals surface area contributed by atoms with Crippen LogP contribution >= 0.6 is 23.2 Å². The van der Waals surface area contributed by atoms with Crippen LogP contribution < -0.4 is 10.0 Å². The van der Waals surface area contributed by atoms with Crippen LogP contribution in [0.25, 0.3) is 5.65 Å². The molecule has 4 rings (SSSR count). The van der Waals surface area contributed by atoms with E-state index in [2.05, 4.69) is 20.1 Å². The molecule has 0 fully saturated rings. The number of anilines is 2. The topological polar surface area (TPSA) is 105 Å². The van der Waals surface area contributed by atoms with E-state index in [9.17, 15) is 13.2 Å². The second-order valence-electron chi connectivity index (χ2n) is 6.14. The van der Waals surface area contributed by atoms with Gasteiger partial charge in [0.1, 0.15) is 16.3 Å². The molecule has 0 unspecified atom stereocenters. The molecule has 0 saturated heterocycles. The number of amides is 1. The van der Waals surface area contributed by atoms with Crippen LogP contribution in [0.15, 0.2) is 71.9 Å². The Balaban J connectivity index is 1.66. The lowest BCUT2D eigenvalue weighted by Crippen LogP contribution is -2.15. The summed E-state index contributed by atoms with van der Waals surface area (Å²) in [6, 6.07) is 14.4. The van der Waals surface area contributed by atoms with Crippen LogP contribution in [0.3, 0.4) is 0 Å². The standard InChI is InChI=1S/C19H13Cl2N5O3S/c20-12-6-7-15(21)16(10-12)30(28,29)25-17-8-9-26-18(24-17)14(11-22-26)19(27)23-13-4-2-1-3-5-13/h1-11H,(H,23,27)(H,24,25). The lowest BCUT2D eigenvalue weighted by atomic mass is 10.2. The Bertz CT molecular complexity index is 1360. The Morgan fingerprint density at radius 1 is 1.03 bits per heavy atom. The Labute approximate surface area is 181 Å². The number of carbonyl (C=O) groups excluding carboxylic acids is 1. The maximum absolute atomic E-state index is 12.7. The summed E-state index contributed by atoms with van der Waals surface area (Å²) >= 11 is 11.9. The molecule has 152 valence electrons. The van der Waals surface area contributed by atoms with Gasteiger partial charge in [0.2, 0.25) is 0 Å². The van der Waals surface area contributed by atoms with Crippen LogP contribution in [-0.4, -0.2) is 28.9 Å². The fraction of sp³-hybridized carbons (Fsp3) is 0. The van der Waals surface area contributed by atoms with E-state index in [0.29, 0.717) is 5.69 Å². The number of aromatic nitrogens is 3. The van der Waals surface area contributed by atoms with E-state index in [-0.39, 0.29) is 32.0 Å². The van der Waals surface area contributed by atoms with Gasteiger partial charge in [-0.15, -0.1) is 0 Å². The molecule has 2 heterocycles. The van der Waals surface area contributed by atoms with Crippen LogP contribution in [0.4, 0.5) is 11.5 Å². The van der Waals surface area contributed by atoms with Crippen LogP contribution in [-0.2, 0) is 10.0 Å². The molecule has 1 amide bonds. The van der Waals surface area contributed by atoms with Crippen LogP contribution in [0.5, 0.6) is 0 Å². The zero-order valence-corrected chi connectivity index (χ0v) is 17.4. The van der Waals surface area contributed by atoms with Gasteiger partial charge in [-0.05, 0) is 36.4 Å². The molecule has 0 atom stereocenters. The largest absolute Gasteiger partial charge is 0.322 e. The van der Waals surface area contributed by atoms with Gasteiger partial charge >= 0.3 is 0 Å². The van der Waals surface area contributed by atoms with Crippen molar-refractivity contribution < 1.29 is 13.2 Å². The van der Waals surface area contributed by atoms with Crippen molar-refractivity contribution in [1.82, 2.24) is 14.6 Å². The van der Waals surface area contributed by atoms with E-state index in [0.717, 1.165) is 0 Å².